The highest BCUT2D eigenvalue weighted by Gasteiger charge is 2.20. The van der Waals surface area contributed by atoms with E-state index in [-0.39, 0.29) is 0 Å². The Balaban J connectivity index is 1.70. The molecule has 0 amide bonds. The number of benzene rings is 1. The van der Waals surface area contributed by atoms with Gasteiger partial charge in [0, 0.05) is 6.04 Å². The van der Waals surface area contributed by atoms with E-state index < -0.39 is 0 Å². The van der Waals surface area contributed by atoms with Gasteiger partial charge in [0.05, 0.1) is 5.52 Å². The number of hydrogen-bond acceptors (Lipinski definition) is 4. The van der Waals surface area contributed by atoms with Gasteiger partial charge in [-0.2, -0.15) is 5.10 Å². The van der Waals surface area contributed by atoms with Crippen molar-refractivity contribution in [2.45, 2.75) is 44.7 Å². The van der Waals surface area contributed by atoms with Crippen LogP contribution in [0.5, 0.6) is 0 Å². The van der Waals surface area contributed by atoms with E-state index in [0.29, 0.717) is 17.4 Å². The lowest BCUT2D eigenvalue weighted by atomic mass is 9.95. The molecule has 3 aromatic rings. The van der Waals surface area contributed by atoms with E-state index in [0.717, 1.165) is 16.9 Å². The number of H-pyrrole nitrogens is 1. The molecule has 2 heterocycles. The van der Waals surface area contributed by atoms with Crippen LogP contribution >= 0.6 is 12.2 Å². The van der Waals surface area contributed by atoms with Crippen molar-refractivity contribution < 1.29 is 0 Å². The topological polar surface area (TPSA) is 64.3 Å². The first-order valence-electron chi connectivity index (χ1n) is 7.77. The predicted molar refractivity (Wildman–Crippen MR) is 86.2 cm³/mol. The molecule has 6 nitrogen and oxygen atoms in total. The van der Waals surface area contributed by atoms with E-state index in [1.54, 1.807) is 0 Å². The molecule has 114 valence electrons. The van der Waals surface area contributed by atoms with Crippen LogP contribution in [0, 0.1) is 4.77 Å². The Kier molecular flexibility index (Phi) is 3.49. The molecule has 1 saturated carbocycles. The fourth-order valence-corrected chi connectivity index (χ4v) is 3.63. The Morgan fingerprint density at radius 3 is 2.86 bits per heavy atom. The average Bonchev–Trinajstić information content (AvgIpc) is 3.13. The van der Waals surface area contributed by atoms with Gasteiger partial charge >= 0.3 is 0 Å². The molecule has 22 heavy (non-hydrogen) atoms. The summed E-state index contributed by atoms with van der Waals surface area (Å²) in [6.45, 7) is 0.587. The van der Waals surface area contributed by atoms with Gasteiger partial charge in [-0.25, -0.2) is 4.68 Å². The van der Waals surface area contributed by atoms with Gasteiger partial charge in [0.25, 0.3) is 0 Å². The molecule has 1 fully saturated rings. The molecule has 0 saturated heterocycles. The first-order valence-corrected chi connectivity index (χ1v) is 8.18. The minimum atomic E-state index is 0.463. The van der Waals surface area contributed by atoms with Crippen molar-refractivity contribution in [3.05, 3.63) is 34.9 Å². The fourth-order valence-electron chi connectivity index (χ4n) is 3.33. The third-order valence-electron chi connectivity index (χ3n) is 4.43. The zero-order chi connectivity index (χ0) is 14.9. The summed E-state index contributed by atoms with van der Waals surface area (Å²) in [4.78, 5) is 0. The number of rotatable bonds is 3. The predicted octanol–water partition coefficient (Wildman–Crippen LogP) is 3.24. The maximum Gasteiger partial charge on any atom is 0.195 e. The third-order valence-corrected chi connectivity index (χ3v) is 4.72. The van der Waals surface area contributed by atoms with Gasteiger partial charge in [0.1, 0.15) is 12.1 Å². The van der Waals surface area contributed by atoms with Crippen LogP contribution in [0.25, 0.3) is 11.0 Å². The number of nitrogens with one attached hydrogen (secondary N) is 1. The Bertz CT molecular complexity index is 839. The Labute approximate surface area is 133 Å². The smallest absolute Gasteiger partial charge is 0.195 e. The summed E-state index contributed by atoms with van der Waals surface area (Å²) in [5.41, 5.74) is 1.92. The molecule has 1 aliphatic rings. The highest BCUT2D eigenvalue weighted by atomic mass is 32.1. The van der Waals surface area contributed by atoms with E-state index in [4.69, 9.17) is 12.2 Å². The molecule has 1 aromatic carbocycles. The summed E-state index contributed by atoms with van der Waals surface area (Å²) in [5, 5.41) is 15.8. The normalized spacial score (nSPS) is 16.4. The summed E-state index contributed by atoms with van der Waals surface area (Å²) in [6, 6.07) is 8.43. The molecule has 0 atom stereocenters. The quantitative estimate of drug-likeness (QED) is 0.754. The molecule has 7 heteroatoms. The maximum atomic E-state index is 5.44. The summed E-state index contributed by atoms with van der Waals surface area (Å²) >= 11 is 5.44. The molecule has 1 aliphatic carbocycles. The van der Waals surface area contributed by atoms with Crippen LogP contribution in [0.2, 0.25) is 0 Å². The maximum absolute atomic E-state index is 5.44. The molecule has 0 bridgehead atoms. The molecule has 0 radical (unpaired) electrons. The van der Waals surface area contributed by atoms with Gasteiger partial charge in [0.2, 0.25) is 0 Å². The molecule has 2 aromatic heterocycles. The first-order chi connectivity index (χ1) is 10.8. The van der Waals surface area contributed by atoms with Crippen LogP contribution in [0.3, 0.4) is 0 Å². The van der Waals surface area contributed by atoms with Crippen LogP contribution < -0.4 is 0 Å². The van der Waals surface area contributed by atoms with Crippen molar-refractivity contribution >= 4 is 23.3 Å². The minimum Gasteiger partial charge on any atom is -0.299 e. The van der Waals surface area contributed by atoms with Crippen LogP contribution in [0.1, 0.15) is 44.0 Å². The number of hydrogen-bond donors (Lipinski definition) is 1. The SMILES string of the molecule is S=c1[nH]nc(Cn2nnc3ccccc32)n1C1CCCCC1. The van der Waals surface area contributed by atoms with Gasteiger partial charge in [-0.3, -0.25) is 9.67 Å². The first kappa shape index (κ1) is 13.6. The Morgan fingerprint density at radius 1 is 1.18 bits per heavy atom. The van der Waals surface area contributed by atoms with E-state index in [1.165, 1.54) is 32.1 Å². The average molecular weight is 314 g/mol. The van der Waals surface area contributed by atoms with E-state index in [9.17, 15) is 0 Å². The number of nitrogens with zero attached hydrogens (tertiary/aromatic N) is 5. The molecular formula is C15H18N6S. The van der Waals surface area contributed by atoms with Crippen LogP contribution in [0.4, 0.5) is 0 Å². The number of fused-ring (bicyclic) bond motifs is 1. The lowest BCUT2D eigenvalue weighted by molar-refractivity contribution is 0.340. The van der Waals surface area contributed by atoms with Crippen molar-refractivity contribution in [1.29, 1.82) is 0 Å². The van der Waals surface area contributed by atoms with Gasteiger partial charge in [-0.15, -0.1) is 5.10 Å². The number of aromatic amines is 1. The standard InChI is InChI=1S/C15H18N6S/c22-15-18-17-14(21(15)11-6-2-1-3-7-11)10-20-13-9-5-4-8-12(13)16-19-20/h4-5,8-9,11H,1-3,6-7,10H2,(H,18,22). The van der Waals surface area contributed by atoms with Crippen molar-refractivity contribution in [1.82, 2.24) is 29.8 Å². The molecule has 0 unspecified atom stereocenters. The van der Waals surface area contributed by atoms with Crippen LogP contribution in [-0.4, -0.2) is 29.8 Å². The van der Waals surface area contributed by atoms with Gasteiger partial charge in [0.15, 0.2) is 10.6 Å². The minimum absolute atomic E-state index is 0.463. The summed E-state index contributed by atoms with van der Waals surface area (Å²) in [6.07, 6.45) is 6.22. The van der Waals surface area contributed by atoms with Crippen LogP contribution in [-0.2, 0) is 6.54 Å². The van der Waals surface area contributed by atoms with Crippen molar-refractivity contribution in [3.8, 4) is 0 Å². The van der Waals surface area contributed by atoms with Gasteiger partial charge in [-0.05, 0) is 37.2 Å². The largest absolute Gasteiger partial charge is 0.299 e. The molecule has 4 rings (SSSR count). The summed E-state index contributed by atoms with van der Waals surface area (Å²) in [5.74, 6) is 0.938. The second-order valence-electron chi connectivity index (χ2n) is 5.84. The summed E-state index contributed by atoms with van der Waals surface area (Å²) < 4.78 is 4.79. The molecule has 1 N–H and O–H groups in total. The van der Waals surface area contributed by atoms with E-state index in [2.05, 4.69) is 25.1 Å². The van der Waals surface area contributed by atoms with Gasteiger partial charge < -0.3 is 0 Å². The monoisotopic (exact) mass is 314 g/mol. The molecule has 0 spiro atoms. The summed E-state index contributed by atoms with van der Waals surface area (Å²) in [7, 11) is 0. The zero-order valence-corrected chi connectivity index (χ0v) is 13.1. The van der Waals surface area contributed by atoms with E-state index in [1.807, 2.05) is 28.9 Å². The number of aromatic nitrogens is 6. The second-order valence-corrected chi connectivity index (χ2v) is 6.23. The third kappa shape index (κ3) is 2.35. The molecular weight excluding hydrogens is 296 g/mol. The Hall–Kier alpha value is -2.02. The lowest BCUT2D eigenvalue weighted by Gasteiger charge is -2.24. The van der Waals surface area contributed by atoms with Crippen molar-refractivity contribution in [2.24, 2.45) is 0 Å². The number of para-hydroxylation sites is 1. The fraction of sp³-hybridized carbons (Fsp3) is 0.467. The lowest BCUT2D eigenvalue weighted by Crippen LogP contribution is -2.17. The second kappa shape index (κ2) is 5.64. The highest BCUT2D eigenvalue weighted by Crippen LogP contribution is 2.29. The van der Waals surface area contributed by atoms with Crippen molar-refractivity contribution in [2.75, 3.05) is 0 Å². The molecule has 0 aliphatic heterocycles. The van der Waals surface area contributed by atoms with Gasteiger partial charge in [-0.1, -0.05) is 36.6 Å². The zero-order valence-electron chi connectivity index (χ0n) is 12.3. The van der Waals surface area contributed by atoms with Crippen molar-refractivity contribution in [3.63, 3.8) is 0 Å². The van der Waals surface area contributed by atoms with Crippen LogP contribution in [0.15, 0.2) is 24.3 Å². The Morgan fingerprint density at radius 2 is 2.00 bits per heavy atom. The van der Waals surface area contributed by atoms with E-state index >= 15 is 0 Å². The highest BCUT2D eigenvalue weighted by molar-refractivity contribution is 7.71.